The first kappa shape index (κ1) is 20.3. The summed E-state index contributed by atoms with van der Waals surface area (Å²) in [6.45, 7) is 10.7. The predicted octanol–water partition coefficient (Wildman–Crippen LogP) is 5.69. The first-order valence-corrected chi connectivity index (χ1v) is 10.5. The van der Waals surface area contributed by atoms with E-state index in [2.05, 4.69) is 63.0 Å². The van der Waals surface area contributed by atoms with Crippen LogP contribution in [-0.4, -0.2) is 11.3 Å². The Labute approximate surface area is 170 Å². The van der Waals surface area contributed by atoms with Crippen molar-refractivity contribution in [3.8, 4) is 5.75 Å². The van der Waals surface area contributed by atoms with Crippen LogP contribution < -0.4 is 10.6 Å². The number of nitrogens with zero attached hydrogens (tertiary/aromatic N) is 1. The molecule has 0 amide bonds. The van der Waals surface area contributed by atoms with Crippen LogP contribution in [0.4, 0.5) is 5.69 Å². The second kappa shape index (κ2) is 8.29. The molecule has 1 unspecified atom stereocenters. The Morgan fingerprint density at radius 1 is 0.893 bits per heavy atom. The van der Waals surface area contributed by atoms with Crippen molar-refractivity contribution in [2.75, 3.05) is 0 Å². The van der Waals surface area contributed by atoms with E-state index in [0.29, 0.717) is 14.3 Å². The Morgan fingerprint density at radius 2 is 1.61 bits per heavy atom. The molecule has 0 aromatic heterocycles. The van der Waals surface area contributed by atoms with E-state index in [1.807, 2.05) is 43.5 Å². The minimum Gasteiger partial charge on any atom is -0.507 e. The quantitative estimate of drug-likeness (QED) is 0.451. The summed E-state index contributed by atoms with van der Waals surface area (Å²) in [5, 5.41) is 12.9. The van der Waals surface area contributed by atoms with Crippen LogP contribution >= 0.6 is 8.58 Å². The van der Waals surface area contributed by atoms with Gasteiger partial charge in [0.25, 0.3) is 0 Å². The third-order valence-corrected chi connectivity index (χ3v) is 6.13. The number of aryl methyl sites for hydroxylation is 2. The van der Waals surface area contributed by atoms with Crippen LogP contribution in [0.15, 0.2) is 65.7 Å². The first-order chi connectivity index (χ1) is 13.2. The molecule has 0 spiro atoms. The van der Waals surface area contributed by atoms with E-state index in [1.165, 1.54) is 16.4 Å². The lowest BCUT2D eigenvalue weighted by Crippen LogP contribution is -2.16. The maximum atomic E-state index is 10.7. The summed E-state index contributed by atoms with van der Waals surface area (Å²) in [4.78, 5) is 4.63. The van der Waals surface area contributed by atoms with Gasteiger partial charge in [-0.05, 0) is 60.0 Å². The second-order valence-corrected chi connectivity index (χ2v) is 9.58. The van der Waals surface area contributed by atoms with Crippen molar-refractivity contribution in [3.05, 3.63) is 82.9 Å². The molecule has 0 aliphatic carbocycles. The number of hydrogen-bond donors (Lipinski definition) is 1. The molecule has 28 heavy (non-hydrogen) atoms. The topological polar surface area (TPSA) is 32.6 Å². The van der Waals surface area contributed by atoms with Gasteiger partial charge in [0.05, 0.1) is 5.69 Å². The molecule has 0 saturated carbocycles. The summed E-state index contributed by atoms with van der Waals surface area (Å²) in [6.07, 6.45) is 1.93. The van der Waals surface area contributed by atoms with E-state index in [1.54, 1.807) is 0 Å². The third kappa shape index (κ3) is 4.88. The molecule has 0 radical (unpaired) electrons. The van der Waals surface area contributed by atoms with Gasteiger partial charge in [-0.2, -0.15) is 0 Å². The van der Waals surface area contributed by atoms with Gasteiger partial charge in [-0.15, -0.1) is 0 Å². The first-order valence-electron chi connectivity index (χ1n) is 9.55. The summed E-state index contributed by atoms with van der Waals surface area (Å²) < 4.78 is 0. The average Bonchev–Trinajstić information content (AvgIpc) is 2.65. The third-order valence-electron chi connectivity index (χ3n) is 4.75. The summed E-state index contributed by atoms with van der Waals surface area (Å²) in [5.74, 6) is 0.401. The second-order valence-electron chi connectivity index (χ2n) is 8.25. The van der Waals surface area contributed by atoms with Gasteiger partial charge in [0.2, 0.25) is 0 Å². The number of benzene rings is 3. The fourth-order valence-electron chi connectivity index (χ4n) is 3.01. The Bertz CT molecular complexity index is 1000. The average molecular weight is 389 g/mol. The van der Waals surface area contributed by atoms with E-state index in [9.17, 15) is 5.11 Å². The lowest BCUT2D eigenvalue weighted by molar-refractivity contribution is 0.474. The van der Waals surface area contributed by atoms with E-state index in [-0.39, 0.29) is 5.41 Å². The van der Waals surface area contributed by atoms with Crippen LogP contribution in [0.25, 0.3) is 0 Å². The van der Waals surface area contributed by atoms with Crippen molar-refractivity contribution in [1.82, 2.24) is 0 Å². The van der Waals surface area contributed by atoms with Crippen molar-refractivity contribution in [2.45, 2.75) is 40.0 Å². The van der Waals surface area contributed by atoms with Gasteiger partial charge in [-0.1, -0.05) is 71.3 Å². The van der Waals surface area contributed by atoms with E-state index in [4.69, 9.17) is 0 Å². The number of rotatable bonds is 4. The predicted molar refractivity (Wildman–Crippen MR) is 124 cm³/mol. The molecule has 0 aliphatic heterocycles. The van der Waals surface area contributed by atoms with Crippen LogP contribution in [0.2, 0.25) is 0 Å². The van der Waals surface area contributed by atoms with Crippen LogP contribution in [0, 0.1) is 13.8 Å². The fraction of sp³-hybridized carbons (Fsp3) is 0.240. The molecule has 0 aliphatic rings. The smallest absolute Gasteiger partial charge is 0.126 e. The molecule has 0 heterocycles. The molecule has 0 fully saturated rings. The van der Waals surface area contributed by atoms with Gasteiger partial charge in [0.1, 0.15) is 5.75 Å². The van der Waals surface area contributed by atoms with Crippen LogP contribution in [0.3, 0.4) is 0 Å². The molecule has 0 saturated heterocycles. The number of phenolic OH excluding ortho intramolecular Hbond substituents is 1. The molecule has 3 aromatic rings. The van der Waals surface area contributed by atoms with Crippen molar-refractivity contribution in [1.29, 1.82) is 0 Å². The molecule has 3 rings (SSSR count). The summed E-state index contributed by atoms with van der Waals surface area (Å²) >= 11 is 0. The zero-order chi connectivity index (χ0) is 20.3. The van der Waals surface area contributed by atoms with E-state index < -0.39 is 0 Å². The summed E-state index contributed by atoms with van der Waals surface area (Å²) in [5.41, 5.74) is 5.46. The van der Waals surface area contributed by atoms with E-state index >= 15 is 0 Å². The molecule has 0 bridgehead atoms. The molecule has 2 nitrogen and oxygen atoms in total. The van der Waals surface area contributed by atoms with Gasteiger partial charge in [-0.25, -0.2) is 0 Å². The molecule has 3 aromatic carbocycles. The molecule has 1 atom stereocenters. The molecule has 3 heteroatoms. The van der Waals surface area contributed by atoms with Crippen LogP contribution in [-0.2, 0) is 5.41 Å². The lowest BCUT2D eigenvalue weighted by atomic mass is 9.86. The van der Waals surface area contributed by atoms with Gasteiger partial charge < -0.3 is 5.11 Å². The highest BCUT2D eigenvalue weighted by Gasteiger charge is 2.18. The standard InChI is InChI=1S/C25H28NOP/c1-17-11-12-22(19(13-17)16-26-21-9-7-6-8-10-21)28-23-15-20(25(3,4)5)14-18(2)24(23)27/h6-16,27-28H,1-5H3. The highest BCUT2D eigenvalue weighted by Crippen LogP contribution is 2.30. The molecular formula is C25H28NOP. The molecule has 144 valence electrons. The minimum absolute atomic E-state index is 0.0442. The Balaban J connectivity index is 1.99. The number of para-hydroxylation sites is 1. The number of phenols is 1. The highest BCUT2D eigenvalue weighted by molar-refractivity contribution is 7.56. The van der Waals surface area contributed by atoms with Crippen LogP contribution in [0.1, 0.15) is 43.0 Å². The zero-order valence-electron chi connectivity index (χ0n) is 17.2. The Morgan fingerprint density at radius 3 is 2.29 bits per heavy atom. The number of aliphatic imine (C=N–C) groups is 1. The van der Waals surface area contributed by atoms with Gasteiger partial charge in [0, 0.05) is 17.1 Å². The number of aromatic hydroxyl groups is 1. The van der Waals surface area contributed by atoms with Crippen molar-refractivity contribution >= 4 is 31.1 Å². The minimum atomic E-state index is 0.0442. The summed E-state index contributed by atoms with van der Waals surface area (Å²) in [6, 6.07) is 20.6. The van der Waals surface area contributed by atoms with Gasteiger partial charge in [-0.3, -0.25) is 4.99 Å². The fourth-order valence-corrected chi connectivity index (χ4v) is 4.30. The highest BCUT2D eigenvalue weighted by atomic mass is 31.1. The largest absolute Gasteiger partial charge is 0.507 e. The van der Waals surface area contributed by atoms with Gasteiger partial charge >= 0.3 is 0 Å². The Kier molecular flexibility index (Phi) is 6.01. The van der Waals surface area contributed by atoms with E-state index in [0.717, 1.165) is 22.1 Å². The Hall–Kier alpha value is -2.44. The van der Waals surface area contributed by atoms with Crippen molar-refractivity contribution in [3.63, 3.8) is 0 Å². The normalized spacial score (nSPS) is 12.3. The maximum Gasteiger partial charge on any atom is 0.126 e. The van der Waals surface area contributed by atoms with Crippen molar-refractivity contribution < 1.29 is 5.11 Å². The van der Waals surface area contributed by atoms with Gasteiger partial charge in [0.15, 0.2) is 0 Å². The zero-order valence-corrected chi connectivity index (χ0v) is 18.2. The van der Waals surface area contributed by atoms with Crippen LogP contribution in [0.5, 0.6) is 5.75 Å². The SMILES string of the molecule is Cc1ccc(Pc2cc(C(C)(C)C)cc(C)c2O)c(C=Nc2ccccc2)c1. The lowest BCUT2D eigenvalue weighted by Gasteiger charge is -2.22. The molecule has 1 N–H and O–H groups in total. The summed E-state index contributed by atoms with van der Waals surface area (Å²) in [7, 11) is 0.369. The maximum absolute atomic E-state index is 10.7. The number of hydrogen-bond acceptors (Lipinski definition) is 2. The molecular weight excluding hydrogens is 361 g/mol. The van der Waals surface area contributed by atoms with Crippen molar-refractivity contribution in [2.24, 2.45) is 4.99 Å². The monoisotopic (exact) mass is 389 g/mol.